The van der Waals surface area contributed by atoms with Crippen molar-refractivity contribution in [3.05, 3.63) is 168 Å². The maximum atomic E-state index is 16.9. The highest BCUT2D eigenvalue weighted by atomic mass is 19.4. The first-order valence-electron chi connectivity index (χ1n) is 27.2. The van der Waals surface area contributed by atoms with Gasteiger partial charge in [-0.2, -0.15) is 26.3 Å². The molecule has 0 spiro atoms. The molecule has 0 unspecified atom stereocenters. The number of hydrogen-bond donors (Lipinski definition) is 4. The summed E-state index contributed by atoms with van der Waals surface area (Å²) < 4.78 is 118. The molecule has 6 heterocycles. The standard InChI is InChI=1S/C61H60F6N12O5/c1-57(2)49(61(65,66)67)36-45(54(81)79(48-22-11-10-19-44(48)51(80)75-39-17-8-6-9-18-39)40-33-38(60(62,63)64)34-41(35-40)82-37-58(3)25-16-28-74-58)50(78-31-12-7-13-32-78)59(57,83-52-42(20-14-26-70-52)46-23-29-72-55(68-4)76-46)84-53-43(21-15-27-71-53)47-24-30-73-56(69-5)77-47/h6,8-11,14-15,17-24,26-27,29-30,33-36,74H,7,12-13,16,25,28,31-32,37H2,1-5H3,(H,75,80)(H,68,72,76)(H,69,73,77)/t58-/m1/s1. The average molecular weight is 1160 g/mol. The molecule has 17 nitrogen and oxygen atoms in total. The van der Waals surface area contributed by atoms with E-state index in [9.17, 15) is 4.79 Å². The second-order valence-corrected chi connectivity index (χ2v) is 21.1. The summed E-state index contributed by atoms with van der Waals surface area (Å²) in [4.78, 5) is 61.2. The Morgan fingerprint density at radius 2 is 1.30 bits per heavy atom. The van der Waals surface area contributed by atoms with Gasteiger partial charge in [-0.3, -0.25) is 14.5 Å². The lowest BCUT2D eigenvalue weighted by atomic mass is 9.68. The molecule has 436 valence electrons. The number of para-hydroxylation sites is 2. The second kappa shape index (κ2) is 23.6. The van der Waals surface area contributed by atoms with Crippen LogP contribution in [0.3, 0.4) is 0 Å². The zero-order chi connectivity index (χ0) is 59.4. The number of alkyl halides is 6. The highest BCUT2D eigenvalue weighted by molar-refractivity contribution is 6.17. The van der Waals surface area contributed by atoms with Crippen molar-refractivity contribution >= 4 is 40.8 Å². The number of carbonyl (C=O) groups excluding carboxylic acids is 2. The number of pyridine rings is 2. The minimum Gasteiger partial charge on any atom is -0.492 e. The fourth-order valence-electron chi connectivity index (χ4n) is 10.7. The number of ether oxygens (including phenoxy) is 3. The van der Waals surface area contributed by atoms with Gasteiger partial charge in [0, 0.05) is 74.8 Å². The van der Waals surface area contributed by atoms with Gasteiger partial charge < -0.3 is 40.4 Å². The number of halogens is 6. The van der Waals surface area contributed by atoms with E-state index in [1.165, 1.54) is 69.0 Å². The van der Waals surface area contributed by atoms with Crippen LogP contribution in [-0.2, 0) is 11.0 Å². The molecule has 3 aliphatic rings. The third kappa shape index (κ3) is 11.9. The van der Waals surface area contributed by atoms with E-state index in [0.717, 1.165) is 17.4 Å². The van der Waals surface area contributed by atoms with Crippen LogP contribution in [0.2, 0.25) is 0 Å². The van der Waals surface area contributed by atoms with E-state index < -0.39 is 63.3 Å². The lowest BCUT2D eigenvalue weighted by Gasteiger charge is -2.53. The number of nitrogens with zero attached hydrogens (tertiary/aromatic N) is 8. The summed E-state index contributed by atoms with van der Waals surface area (Å²) in [6.07, 6.45) is -0.971. The molecule has 23 heteroatoms. The van der Waals surface area contributed by atoms with Gasteiger partial charge in [0.1, 0.15) is 18.1 Å². The van der Waals surface area contributed by atoms with Gasteiger partial charge in [-0.15, -0.1) is 0 Å². The smallest absolute Gasteiger partial charge is 0.416 e. The van der Waals surface area contributed by atoms with Crippen molar-refractivity contribution in [2.75, 3.05) is 61.2 Å². The number of anilines is 5. The molecular formula is C61H60F6N12O5. The van der Waals surface area contributed by atoms with Crippen LogP contribution in [-0.4, -0.2) is 104 Å². The lowest BCUT2D eigenvalue weighted by Crippen LogP contribution is -2.64. The second-order valence-electron chi connectivity index (χ2n) is 21.1. The van der Waals surface area contributed by atoms with Crippen LogP contribution in [0.25, 0.3) is 22.5 Å². The molecule has 2 amide bonds. The van der Waals surface area contributed by atoms with E-state index in [1.807, 2.05) is 6.92 Å². The summed E-state index contributed by atoms with van der Waals surface area (Å²) in [5.74, 6) is -5.57. The molecule has 84 heavy (non-hydrogen) atoms. The highest BCUT2D eigenvalue weighted by Gasteiger charge is 2.66. The van der Waals surface area contributed by atoms with Gasteiger partial charge >= 0.3 is 18.1 Å². The molecule has 4 aromatic heterocycles. The zero-order valence-corrected chi connectivity index (χ0v) is 46.5. The monoisotopic (exact) mass is 1150 g/mol. The van der Waals surface area contributed by atoms with Gasteiger partial charge in [0.15, 0.2) is 0 Å². The molecule has 2 aliphatic heterocycles. The lowest BCUT2D eigenvalue weighted by molar-refractivity contribution is -0.195. The Morgan fingerprint density at radius 3 is 1.87 bits per heavy atom. The quantitative estimate of drug-likeness (QED) is 0.0496. The normalized spacial score (nSPS) is 17.7. The van der Waals surface area contributed by atoms with Crippen LogP contribution in [0, 0.1) is 5.41 Å². The average Bonchev–Trinajstić information content (AvgIpc) is 0.830. The van der Waals surface area contributed by atoms with Crippen molar-refractivity contribution in [3.63, 3.8) is 0 Å². The van der Waals surface area contributed by atoms with Crippen LogP contribution in [0.1, 0.15) is 68.8 Å². The number of amides is 2. The van der Waals surface area contributed by atoms with E-state index in [0.29, 0.717) is 50.1 Å². The van der Waals surface area contributed by atoms with E-state index in [-0.39, 0.29) is 88.6 Å². The Labute approximate surface area is 480 Å². The van der Waals surface area contributed by atoms with E-state index >= 15 is 31.1 Å². The number of hydrogen-bond acceptors (Lipinski definition) is 15. The third-order valence-electron chi connectivity index (χ3n) is 15.0. The first-order valence-corrected chi connectivity index (χ1v) is 27.2. The molecule has 0 radical (unpaired) electrons. The molecule has 2 saturated heterocycles. The number of rotatable bonds is 17. The largest absolute Gasteiger partial charge is 0.492 e. The number of piperidine rings is 1. The maximum absolute atomic E-state index is 16.9. The molecule has 0 bridgehead atoms. The van der Waals surface area contributed by atoms with E-state index in [4.69, 9.17) is 14.2 Å². The summed E-state index contributed by atoms with van der Waals surface area (Å²) >= 11 is 0. The van der Waals surface area contributed by atoms with Crippen LogP contribution in [0.4, 0.5) is 55.3 Å². The number of aromatic nitrogens is 6. The molecule has 1 atom stereocenters. The predicted molar refractivity (Wildman–Crippen MR) is 305 cm³/mol. The van der Waals surface area contributed by atoms with Crippen molar-refractivity contribution in [2.24, 2.45) is 5.41 Å². The molecule has 1 aliphatic carbocycles. The highest BCUT2D eigenvalue weighted by Crippen LogP contribution is 2.57. The topological polar surface area (TPSA) is 194 Å². The Kier molecular flexibility index (Phi) is 16.3. The maximum Gasteiger partial charge on any atom is 0.416 e. The van der Waals surface area contributed by atoms with E-state index in [1.54, 1.807) is 85.7 Å². The molecule has 10 rings (SSSR count). The minimum atomic E-state index is -5.30. The predicted octanol–water partition coefficient (Wildman–Crippen LogP) is 12.1. The van der Waals surface area contributed by atoms with Crippen molar-refractivity contribution in [2.45, 2.75) is 76.6 Å². The first kappa shape index (κ1) is 58.1. The van der Waals surface area contributed by atoms with Crippen LogP contribution < -0.4 is 40.4 Å². The molecular weight excluding hydrogens is 1090 g/mol. The Bertz CT molecular complexity index is 3530. The van der Waals surface area contributed by atoms with Crippen molar-refractivity contribution in [1.29, 1.82) is 0 Å². The number of benzene rings is 3. The van der Waals surface area contributed by atoms with Crippen LogP contribution in [0.5, 0.6) is 17.5 Å². The Morgan fingerprint density at radius 1 is 0.690 bits per heavy atom. The van der Waals surface area contributed by atoms with E-state index in [2.05, 4.69) is 51.2 Å². The molecule has 3 aromatic carbocycles. The van der Waals surface area contributed by atoms with Gasteiger partial charge in [-0.25, -0.2) is 29.9 Å². The van der Waals surface area contributed by atoms with Gasteiger partial charge in [0.05, 0.1) is 56.0 Å². The fraction of sp³-hybridized carbons (Fsp3) is 0.311. The SMILES string of the molecule is CNc1nccc(-c2cccnc2OC2(Oc3ncccc3-c3ccnc(NC)n3)C(N3CCCCC3)=C(C(=O)N(c3cc(OC[C@@]4(C)CCCN4)cc(C(F)(F)F)c3)c3ccccc3C(=O)Nc3ccccc3)C=C(C(F)(F)F)C2(C)C)n1. The van der Waals surface area contributed by atoms with Gasteiger partial charge in [-0.1, -0.05) is 30.3 Å². The zero-order valence-electron chi connectivity index (χ0n) is 46.5. The first-order chi connectivity index (χ1) is 40.2. The summed E-state index contributed by atoms with van der Waals surface area (Å²) in [7, 11) is 3.21. The van der Waals surface area contributed by atoms with Crippen LogP contribution >= 0.6 is 0 Å². The molecule has 4 N–H and O–H groups in total. The van der Waals surface area contributed by atoms with Gasteiger partial charge in [-0.05, 0) is 138 Å². The summed E-state index contributed by atoms with van der Waals surface area (Å²) in [5.41, 5.74) is -6.61. The Hall–Kier alpha value is -9.12. The summed E-state index contributed by atoms with van der Waals surface area (Å²) in [6, 6.07) is 26.0. The van der Waals surface area contributed by atoms with Gasteiger partial charge in [0.2, 0.25) is 23.7 Å². The van der Waals surface area contributed by atoms with Crippen molar-refractivity contribution in [3.8, 4) is 40.0 Å². The number of nitrogens with one attached hydrogen (secondary N) is 4. The van der Waals surface area contributed by atoms with Crippen molar-refractivity contribution < 1.29 is 50.1 Å². The Balaban J connectivity index is 1.30. The molecule has 2 fully saturated rings. The third-order valence-corrected chi connectivity index (χ3v) is 15.0. The fourth-order valence-corrected chi connectivity index (χ4v) is 10.7. The summed E-state index contributed by atoms with van der Waals surface area (Å²) in [5, 5.41) is 11.9. The van der Waals surface area contributed by atoms with Crippen LogP contribution in [0.15, 0.2) is 157 Å². The van der Waals surface area contributed by atoms with Crippen molar-refractivity contribution in [1.82, 2.24) is 40.1 Å². The van der Waals surface area contributed by atoms with Gasteiger partial charge in [0.25, 0.3) is 11.8 Å². The molecule has 0 saturated carbocycles. The molecule has 7 aromatic rings. The number of carbonyl (C=O) groups is 2. The summed E-state index contributed by atoms with van der Waals surface area (Å²) in [6.45, 7) is 5.18. The number of likely N-dealkylation sites (tertiary alicyclic amines) is 1. The minimum absolute atomic E-state index is 0.0897.